The highest BCUT2D eigenvalue weighted by Gasteiger charge is 2.34. The van der Waals surface area contributed by atoms with Crippen molar-refractivity contribution in [2.24, 2.45) is 5.92 Å². The number of carbonyl (C=O) groups is 2. The molecule has 0 aromatic heterocycles. The first-order valence-corrected chi connectivity index (χ1v) is 6.66. The van der Waals surface area contributed by atoms with Crippen molar-refractivity contribution in [3.05, 3.63) is 34.3 Å². The lowest BCUT2D eigenvalue weighted by Gasteiger charge is -2.17. The van der Waals surface area contributed by atoms with Crippen LogP contribution in [0.25, 0.3) is 0 Å². The van der Waals surface area contributed by atoms with E-state index in [0.717, 1.165) is 12.0 Å². The normalized spacial score (nSPS) is 22.2. The number of nitrogens with one attached hydrogen (secondary N) is 1. The van der Waals surface area contributed by atoms with Gasteiger partial charge in [0.1, 0.15) is 0 Å². The summed E-state index contributed by atoms with van der Waals surface area (Å²) >= 11 is 5.92. The molecule has 19 heavy (non-hydrogen) atoms. The molecule has 102 valence electrons. The smallest absolute Gasteiger partial charge is 0.308 e. The lowest BCUT2D eigenvalue weighted by Crippen LogP contribution is -2.40. The van der Waals surface area contributed by atoms with Gasteiger partial charge in [-0.2, -0.15) is 0 Å². The zero-order valence-electron chi connectivity index (χ0n) is 10.6. The van der Waals surface area contributed by atoms with Crippen LogP contribution in [0.5, 0.6) is 0 Å². The highest BCUT2D eigenvalue weighted by Crippen LogP contribution is 2.26. The number of carboxylic acids is 1. The average molecular weight is 282 g/mol. The number of hydrogen-bond acceptors (Lipinski definition) is 2. The molecule has 1 aliphatic rings. The number of halogens is 1. The minimum absolute atomic E-state index is 0.260. The van der Waals surface area contributed by atoms with Crippen molar-refractivity contribution < 1.29 is 14.7 Å². The molecule has 5 heteroatoms. The Morgan fingerprint density at radius 2 is 2.05 bits per heavy atom. The van der Waals surface area contributed by atoms with Crippen molar-refractivity contribution in [1.82, 2.24) is 5.32 Å². The molecule has 0 radical (unpaired) electrons. The molecule has 2 rings (SSSR count). The monoisotopic (exact) mass is 281 g/mol. The zero-order chi connectivity index (χ0) is 14.0. The number of hydrogen-bond donors (Lipinski definition) is 2. The van der Waals surface area contributed by atoms with Gasteiger partial charge in [0.25, 0.3) is 5.91 Å². The first kappa shape index (κ1) is 13.9. The van der Waals surface area contributed by atoms with Crippen LogP contribution in [0.15, 0.2) is 18.2 Å². The summed E-state index contributed by atoms with van der Waals surface area (Å²) in [5, 5.41) is 12.4. The van der Waals surface area contributed by atoms with Crippen LogP contribution in [-0.2, 0) is 4.79 Å². The van der Waals surface area contributed by atoms with Gasteiger partial charge < -0.3 is 10.4 Å². The number of aliphatic carboxylic acids is 1. The van der Waals surface area contributed by atoms with Gasteiger partial charge >= 0.3 is 5.97 Å². The number of carboxylic acid groups (broad SMARTS) is 1. The van der Waals surface area contributed by atoms with Crippen molar-refractivity contribution in [3.63, 3.8) is 0 Å². The third kappa shape index (κ3) is 3.26. The van der Waals surface area contributed by atoms with Crippen LogP contribution in [0.2, 0.25) is 5.02 Å². The van der Waals surface area contributed by atoms with Crippen LogP contribution in [0.4, 0.5) is 0 Å². The highest BCUT2D eigenvalue weighted by atomic mass is 35.5. The first-order valence-electron chi connectivity index (χ1n) is 6.28. The molecular formula is C14H16ClNO3. The van der Waals surface area contributed by atoms with Crippen molar-refractivity contribution in [2.45, 2.75) is 32.2 Å². The number of rotatable bonds is 3. The van der Waals surface area contributed by atoms with Gasteiger partial charge in [0, 0.05) is 16.6 Å². The third-order valence-corrected chi connectivity index (χ3v) is 3.67. The maximum atomic E-state index is 12.1. The minimum atomic E-state index is -0.843. The maximum absolute atomic E-state index is 12.1. The summed E-state index contributed by atoms with van der Waals surface area (Å²) in [6.07, 6.45) is 2.16. The summed E-state index contributed by atoms with van der Waals surface area (Å²) in [6, 6.07) is 4.82. The van der Waals surface area contributed by atoms with E-state index in [4.69, 9.17) is 16.7 Å². The Labute approximate surface area is 116 Å². The van der Waals surface area contributed by atoms with Crippen LogP contribution in [0.1, 0.15) is 35.2 Å². The minimum Gasteiger partial charge on any atom is -0.481 e. The van der Waals surface area contributed by atoms with E-state index < -0.39 is 11.9 Å². The summed E-state index contributed by atoms with van der Waals surface area (Å²) in [4.78, 5) is 23.2. The molecule has 2 N–H and O–H groups in total. The molecule has 0 bridgehead atoms. The summed E-state index contributed by atoms with van der Waals surface area (Å²) in [6.45, 7) is 1.86. The van der Waals surface area contributed by atoms with Crippen LogP contribution in [0, 0.1) is 12.8 Å². The van der Waals surface area contributed by atoms with Crippen LogP contribution < -0.4 is 5.32 Å². The highest BCUT2D eigenvalue weighted by molar-refractivity contribution is 6.31. The number of aryl methyl sites for hydroxylation is 1. The first-order chi connectivity index (χ1) is 8.97. The standard InChI is InChI=1S/C14H16ClNO3/c1-8-5-9(7-10(15)6-8)13(17)16-12-4-2-3-11(12)14(18)19/h5-7,11-12H,2-4H2,1H3,(H,16,17)(H,18,19)/t11-,12+/m0/s1. The molecule has 0 heterocycles. The Morgan fingerprint density at radius 3 is 2.68 bits per heavy atom. The Hall–Kier alpha value is -1.55. The molecule has 1 aromatic carbocycles. The second-order valence-corrected chi connectivity index (χ2v) is 5.41. The van der Waals surface area contributed by atoms with Gasteiger partial charge in [-0.3, -0.25) is 9.59 Å². The van der Waals surface area contributed by atoms with Crippen LogP contribution in [0.3, 0.4) is 0 Å². The summed E-state index contributed by atoms with van der Waals surface area (Å²) in [5.74, 6) is -1.59. The van der Waals surface area contributed by atoms with E-state index in [1.54, 1.807) is 18.2 Å². The van der Waals surface area contributed by atoms with Crippen molar-refractivity contribution >= 4 is 23.5 Å². The predicted molar refractivity (Wildman–Crippen MR) is 72.4 cm³/mol. The fourth-order valence-corrected chi connectivity index (χ4v) is 2.84. The Bertz CT molecular complexity index is 495. The van der Waals surface area contributed by atoms with Gasteiger partial charge in [0.15, 0.2) is 0 Å². The Kier molecular flexibility index (Phi) is 4.10. The summed E-state index contributed by atoms with van der Waals surface area (Å²) < 4.78 is 0. The van der Waals surface area contributed by atoms with Gasteiger partial charge in [-0.1, -0.05) is 18.0 Å². The second kappa shape index (κ2) is 5.61. The lowest BCUT2D eigenvalue weighted by molar-refractivity contribution is -0.142. The third-order valence-electron chi connectivity index (χ3n) is 3.45. The maximum Gasteiger partial charge on any atom is 0.308 e. The molecule has 0 saturated heterocycles. The molecule has 0 unspecified atom stereocenters. The molecule has 4 nitrogen and oxygen atoms in total. The molecule has 0 spiro atoms. The molecule has 1 fully saturated rings. The van der Waals surface area contributed by atoms with Crippen molar-refractivity contribution in [3.8, 4) is 0 Å². The van der Waals surface area contributed by atoms with Gasteiger partial charge in [-0.25, -0.2) is 0 Å². The fraction of sp³-hybridized carbons (Fsp3) is 0.429. The van der Waals surface area contributed by atoms with E-state index >= 15 is 0 Å². The molecule has 1 aliphatic carbocycles. The molecule has 1 amide bonds. The number of carbonyl (C=O) groups excluding carboxylic acids is 1. The fourth-order valence-electron chi connectivity index (χ4n) is 2.55. The molecule has 0 aliphatic heterocycles. The second-order valence-electron chi connectivity index (χ2n) is 4.97. The zero-order valence-corrected chi connectivity index (χ0v) is 11.4. The molecular weight excluding hydrogens is 266 g/mol. The van der Waals surface area contributed by atoms with Gasteiger partial charge in [0.2, 0.25) is 0 Å². The van der Waals surface area contributed by atoms with E-state index in [9.17, 15) is 9.59 Å². The van der Waals surface area contributed by atoms with Crippen molar-refractivity contribution in [2.75, 3.05) is 0 Å². The van der Waals surface area contributed by atoms with Gasteiger partial charge in [-0.15, -0.1) is 0 Å². The topological polar surface area (TPSA) is 66.4 Å². The van der Waals surface area contributed by atoms with Crippen LogP contribution >= 0.6 is 11.6 Å². The Morgan fingerprint density at radius 1 is 1.32 bits per heavy atom. The molecule has 2 atom stereocenters. The lowest BCUT2D eigenvalue weighted by atomic mass is 10.0. The number of amides is 1. The largest absolute Gasteiger partial charge is 0.481 e. The molecule has 1 saturated carbocycles. The quantitative estimate of drug-likeness (QED) is 0.895. The average Bonchev–Trinajstić information content (AvgIpc) is 2.75. The van der Waals surface area contributed by atoms with Gasteiger partial charge in [-0.05, 0) is 43.5 Å². The summed E-state index contributed by atoms with van der Waals surface area (Å²) in [5.41, 5.74) is 1.37. The van der Waals surface area contributed by atoms with E-state index in [-0.39, 0.29) is 11.9 Å². The van der Waals surface area contributed by atoms with E-state index in [1.165, 1.54) is 0 Å². The number of benzene rings is 1. The summed E-state index contributed by atoms with van der Waals surface area (Å²) in [7, 11) is 0. The predicted octanol–water partition coefficient (Wildman–Crippen LogP) is 2.63. The van der Waals surface area contributed by atoms with E-state index in [1.807, 2.05) is 6.92 Å². The van der Waals surface area contributed by atoms with Crippen LogP contribution in [-0.4, -0.2) is 23.0 Å². The van der Waals surface area contributed by atoms with Gasteiger partial charge in [0.05, 0.1) is 5.92 Å². The SMILES string of the molecule is Cc1cc(Cl)cc(C(=O)N[C@@H]2CCC[C@@H]2C(=O)O)c1. The molecule has 1 aromatic rings. The van der Waals surface area contributed by atoms with Crippen molar-refractivity contribution in [1.29, 1.82) is 0 Å². The Balaban J connectivity index is 2.10. The van der Waals surface area contributed by atoms with E-state index in [2.05, 4.69) is 5.32 Å². The van der Waals surface area contributed by atoms with E-state index in [0.29, 0.717) is 23.4 Å².